The van der Waals surface area contributed by atoms with Crippen molar-refractivity contribution in [2.75, 3.05) is 19.5 Å². The largest absolute Gasteiger partial charge is 0.504 e. The van der Waals surface area contributed by atoms with Gasteiger partial charge < -0.3 is 24.3 Å². The Kier molecular flexibility index (Phi) is 5.49. The molecule has 150 valence electrons. The fourth-order valence-corrected chi connectivity index (χ4v) is 2.92. The molecule has 1 amide bonds. The van der Waals surface area contributed by atoms with Gasteiger partial charge in [0.1, 0.15) is 5.56 Å². The molecule has 2 N–H and O–H groups in total. The summed E-state index contributed by atoms with van der Waals surface area (Å²) in [6, 6.07) is 4.65. The summed E-state index contributed by atoms with van der Waals surface area (Å²) in [7, 11) is 2.81. The van der Waals surface area contributed by atoms with Crippen molar-refractivity contribution >= 4 is 28.8 Å². The Morgan fingerprint density at radius 1 is 1.31 bits per heavy atom. The minimum absolute atomic E-state index is 0.0521. The number of ether oxygens (including phenoxy) is 2. The highest BCUT2D eigenvalue weighted by molar-refractivity contribution is 6.01. The second-order valence-electron chi connectivity index (χ2n) is 6.14. The first-order valence-corrected chi connectivity index (χ1v) is 8.50. The van der Waals surface area contributed by atoms with E-state index in [9.17, 15) is 19.5 Å². The molecule has 0 spiro atoms. The number of phenolic OH excluding ortho intramolecular Hbond substituents is 1. The van der Waals surface area contributed by atoms with Crippen LogP contribution in [0.2, 0.25) is 0 Å². The highest BCUT2D eigenvalue weighted by Crippen LogP contribution is 2.36. The highest BCUT2D eigenvalue weighted by atomic mass is 16.5. The number of rotatable bonds is 6. The predicted molar refractivity (Wildman–Crippen MR) is 104 cm³/mol. The molecule has 0 aliphatic rings. The van der Waals surface area contributed by atoms with Gasteiger partial charge in [-0.3, -0.25) is 9.59 Å². The molecule has 1 aromatic carbocycles. The van der Waals surface area contributed by atoms with Gasteiger partial charge in [0.05, 0.1) is 38.1 Å². The quantitative estimate of drug-likeness (QED) is 0.478. The Balaban J connectivity index is 1.98. The molecule has 0 atom stereocenters. The maximum Gasteiger partial charge on any atom is 0.340 e. The van der Waals surface area contributed by atoms with Crippen LogP contribution in [0, 0.1) is 6.92 Å². The number of benzene rings is 1. The van der Waals surface area contributed by atoms with E-state index < -0.39 is 17.3 Å². The average molecular weight is 398 g/mol. The minimum atomic E-state index is -0.773. The van der Waals surface area contributed by atoms with Gasteiger partial charge in [-0.2, -0.15) is 0 Å². The summed E-state index contributed by atoms with van der Waals surface area (Å²) in [5.41, 5.74) is -0.0231. The zero-order chi connectivity index (χ0) is 21.1. The molecule has 3 rings (SSSR count). The summed E-state index contributed by atoms with van der Waals surface area (Å²) < 4.78 is 15.3. The highest BCUT2D eigenvalue weighted by Gasteiger charge is 2.21. The van der Waals surface area contributed by atoms with Gasteiger partial charge in [-0.25, -0.2) is 9.78 Å². The second-order valence-corrected chi connectivity index (χ2v) is 6.14. The van der Waals surface area contributed by atoms with Crippen LogP contribution in [0.1, 0.15) is 21.5 Å². The van der Waals surface area contributed by atoms with E-state index in [4.69, 9.17) is 13.9 Å². The number of aromatic hydroxyl groups is 1. The first kappa shape index (κ1) is 19.9. The van der Waals surface area contributed by atoms with Crippen LogP contribution >= 0.6 is 0 Å². The molecule has 0 unspecified atom stereocenters. The number of aldehydes is 1. The van der Waals surface area contributed by atoms with Crippen molar-refractivity contribution in [3.63, 3.8) is 0 Å². The first-order valence-electron chi connectivity index (χ1n) is 8.50. The molecule has 0 aliphatic carbocycles. The van der Waals surface area contributed by atoms with Crippen molar-refractivity contribution in [3.05, 3.63) is 51.5 Å². The Morgan fingerprint density at radius 3 is 2.66 bits per heavy atom. The zero-order valence-electron chi connectivity index (χ0n) is 15.9. The lowest BCUT2D eigenvalue weighted by molar-refractivity contribution is -0.115. The fraction of sp³-hybridized carbons (Fsp3) is 0.200. The lowest BCUT2D eigenvalue weighted by Crippen LogP contribution is -2.21. The summed E-state index contributed by atoms with van der Waals surface area (Å²) in [6.07, 6.45) is 1.55. The van der Waals surface area contributed by atoms with Gasteiger partial charge in [0.15, 0.2) is 23.4 Å². The van der Waals surface area contributed by atoms with Gasteiger partial charge in [-0.05, 0) is 24.6 Å². The topological polar surface area (TPSA) is 128 Å². The number of aryl methyl sites for hydroxylation is 1. The number of aromatic nitrogens is 1. The molecule has 0 radical (unpaired) electrons. The van der Waals surface area contributed by atoms with E-state index in [0.717, 1.165) is 0 Å². The van der Waals surface area contributed by atoms with Crippen LogP contribution in [0.25, 0.3) is 11.0 Å². The van der Waals surface area contributed by atoms with Crippen LogP contribution in [-0.2, 0) is 11.2 Å². The van der Waals surface area contributed by atoms with E-state index in [0.29, 0.717) is 28.8 Å². The number of nitrogens with zero attached hydrogens (tertiary/aromatic N) is 1. The molecular formula is C20H18N2O7. The third-order valence-electron chi connectivity index (χ3n) is 4.46. The summed E-state index contributed by atoms with van der Waals surface area (Å²) >= 11 is 0. The van der Waals surface area contributed by atoms with Crippen molar-refractivity contribution in [2.45, 2.75) is 13.3 Å². The number of carbonyl (C=O) groups is 2. The Hall–Kier alpha value is -3.88. The van der Waals surface area contributed by atoms with Gasteiger partial charge in [0.25, 0.3) is 0 Å². The molecule has 0 saturated carbocycles. The third kappa shape index (κ3) is 3.75. The number of pyridine rings is 1. The molecule has 0 fully saturated rings. The van der Waals surface area contributed by atoms with Crippen molar-refractivity contribution in [1.82, 2.24) is 4.98 Å². The average Bonchev–Trinajstić information content (AvgIpc) is 2.71. The van der Waals surface area contributed by atoms with Crippen molar-refractivity contribution < 1.29 is 28.6 Å². The first-order chi connectivity index (χ1) is 13.9. The van der Waals surface area contributed by atoms with E-state index in [1.54, 1.807) is 19.1 Å². The Bertz CT molecular complexity index is 1150. The lowest BCUT2D eigenvalue weighted by Gasteiger charge is -2.12. The molecule has 9 heteroatoms. The van der Waals surface area contributed by atoms with Gasteiger partial charge >= 0.3 is 5.63 Å². The number of anilines is 1. The number of methoxy groups -OCH3 is 2. The smallest absolute Gasteiger partial charge is 0.340 e. The third-order valence-corrected chi connectivity index (χ3v) is 4.46. The lowest BCUT2D eigenvalue weighted by atomic mass is 10.0. The monoisotopic (exact) mass is 398 g/mol. The predicted octanol–water partition coefficient (Wildman–Crippen LogP) is 2.21. The summed E-state index contributed by atoms with van der Waals surface area (Å²) in [6.45, 7) is 1.63. The van der Waals surface area contributed by atoms with Gasteiger partial charge in [-0.1, -0.05) is 0 Å². The maximum atomic E-state index is 12.5. The van der Waals surface area contributed by atoms with Crippen molar-refractivity contribution in [2.24, 2.45) is 0 Å². The standard InChI is InChI=1S/C20H18N2O7/c1-10-12-6-15(27-2)18(25)14(9-23)19(12)29-20(26)13(10)7-16(24)22-11-4-5-17(28-3)21-8-11/h4-6,8-9,25H,7H2,1-3H3,(H,22,24). The molecular weight excluding hydrogens is 380 g/mol. The number of carbonyl (C=O) groups excluding carboxylic acids is 2. The van der Waals surface area contributed by atoms with Crippen LogP contribution in [0.15, 0.2) is 33.6 Å². The minimum Gasteiger partial charge on any atom is -0.504 e. The van der Waals surface area contributed by atoms with Crippen molar-refractivity contribution in [3.8, 4) is 17.4 Å². The molecule has 2 heterocycles. The molecule has 9 nitrogen and oxygen atoms in total. The van der Waals surface area contributed by atoms with Gasteiger partial charge in [0, 0.05) is 11.5 Å². The summed E-state index contributed by atoms with van der Waals surface area (Å²) in [4.78, 5) is 40.2. The summed E-state index contributed by atoms with van der Waals surface area (Å²) in [5, 5.41) is 13.1. The molecule has 3 aromatic rings. The number of nitrogens with one attached hydrogen (secondary N) is 1. The van der Waals surface area contributed by atoms with E-state index in [-0.39, 0.29) is 28.9 Å². The number of phenols is 1. The van der Waals surface area contributed by atoms with Crippen LogP contribution in [0.5, 0.6) is 17.4 Å². The molecule has 0 bridgehead atoms. The van der Waals surface area contributed by atoms with E-state index in [2.05, 4.69) is 10.3 Å². The maximum absolute atomic E-state index is 12.5. The molecule has 29 heavy (non-hydrogen) atoms. The molecule has 0 aliphatic heterocycles. The van der Waals surface area contributed by atoms with Crippen LogP contribution in [0.4, 0.5) is 5.69 Å². The number of fused-ring (bicyclic) bond motifs is 1. The van der Waals surface area contributed by atoms with E-state index >= 15 is 0 Å². The second kappa shape index (κ2) is 8.01. The Labute approximate surface area is 164 Å². The van der Waals surface area contributed by atoms with Crippen molar-refractivity contribution in [1.29, 1.82) is 0 Å². The Morgan fingerprint density at radius 2 is 2.07 bits per heavy atom. The van der Waals surface area contributed by atoms with Crippen LogP contribution in [0.3, 0.4) is 0 Å². The molecule has 0 saturated heterocycles. The van der Waals surface area contributed by atoms with Crippen LogP contribution in [-0.4, -0.2) is 36.5 Å². The summed E-state index contributed by atoms with van der Waals surface area (Å²) in [5.74, 6) is -0.420. The van der Waals surface area contributed by atoms with E-state index in [1.807, 2.05) is 0 Å². The number of hydrogen-bond donors (Lipinski definition) is 2. The molecule has 2 aromatic heterocycles. The normalized spacial score (nSPS) is 10.6. The fourth-order valence-electron chi connectivity index (χ4n) is 2.92. The van der Waals surface area contributed by atoms with Crippen LogP contribution < -0.4 is 20.4 Å². The van der Waals surface area contributed by atoms with Gasteiger partial charge in [-0.15, -0.1) is 0 Å². The zero-order valence-corrected chi connectivity index (χ0v) is 15.9. The SMILES string of the molecule is COc1ccc(NC(=O)Cc2c(C)c3cc(OC)c(O)c(C=O)c3oc2=O)cn1. The van der Waals surface area contributed by atoms with Gasteiger partial charge in [0.2, 0.25) is 11.8 Å². The number of amides is 1. The number of hydrogen-bond acceptors (Lipinski definition) is 8. The van der Waals surface area contributed by atoms with E-state index in [1.165, 1.54) is 26.5 Å².